The van der Waals surface area contributed by atoms with Gasteiger partial charge >= 0.3 is 0 Å². The van der Waals surface area contributed by atoms with Gasteiger partial charge in [-0.2, -0.15) is 0 Å². The summed E-state index contributed by atoms with van der Waals surface area (Å²) >= 11 is 0. The van der Waals surface area contributed by atoms with Crippen LogP contribution in [0.1, 0.15) is 0 Å². The second-order valence-electron chi connectivity index (χ2n) is 18.0. The summed E-state index contributed by atoms with van der Waals surface area (Å²) in [4.78, 5) is 2.39. The van der Waals surface area contributed by atoms with Crippen LogP contribution in [0.3, 0.4) is 0 Å². The zero-order valence-corrected chi connectivity index (χ0v) is 37.9. The Hall–Kier alpha value is -9.04. The average Bonchev–Trinajstić information content (AvgIpc) is 3.43. The molecular formula is C68H45N. The van der Waals surface area contributed by atoms with E-state index in [0.717, 1.165) is 17.1 Å². The van der Waals surface area contributed by atoms with Crippen molar-refractivity contribution in [2.24, 2.45) is 0 Å². The Morgan fingerprint density at radius 2 is 0.449 bits per heavy atom. The monoisotopic (exact) mass is 875 g/mol. The number of fused-ring (bicyclic) bond motifs is 7. The van der Waals surface area contributed by atoms with Crippen LogP contribution in [0, 0.1) is 0 Å². The fourth-order valence-electron chi connectivity index (χ4n) is 10.9. The van der Waals surface area contributed by atoms with E-state index in [-0.39, 0.29) is 0 Å². The highest BCUT2D eigenvalue weighted by Crippen LogP contribution is 2.48. The predicted octanol–water partition coefficient (Wildman–Crippen LogP) is 19.3. The van der Waals surface area contributed by atoms with E-state index < -0.39 is 0 Å². The SMILES string of the molecule is c1ccc(-c2c(-c3ccc(N(c4ccc(-c5ccc6ccccc6c5)cc4)c4ccc(-c5c(-c6ccccc6)c6ccccc6c6ccccc56)cc4)cc3)c3ccccc3c3ccccc23)cc1. The second kappa shape index (κ2) is 17.0. The first-order chi connectivity index (χ1) is 34.2. The highest BCUT2D eigenvalue weighted by molar-refractivity contribution is 6.23. The zero-order chi connectivity index (χ0) is 45.7. The Balaban J connectivity index is 0.974. The Labute approximate surface area is 402 Å². The van der Waals surface area contributed by atoms with Gasteiger partial charge in [0.05, 0.1) is 0 Å². The average molecular weight is 876 g/mol. The molecule has 0 aliphatic rings. The number of nitrogens with zero attached hydrogens (tertiary/aromatic N) is 1. The van der Waals surface area contributed by atoms with Crippen molar-refractivity contribution in [3.8, 4) is 55.6 Å². The van der Waals surface area contributed by atoms with E-state index in [4.69, 9.17) is 0 Å². The van der Waals surface area contributed by atoms with Crippen molar-refractivity contribution in [3.63, 3.8) is 0 Å². The number of rotatable bonds is 8. The zero-order valence-electron chi connectivity index (χ0n) is 37.9. The number of anilines is 3. The van der Waals surface area contributed by atoms with Crippen LogP contribution in [-0.2, 0) is 0 Å². The summed E-state index contributed by atoms with van der Waals surface area (Å²) in [5, 5.41) is 12.5. The minimum Gasteiger partial charge on any atom is -0.311 e. The lowest BCUT2D eigenvalue weighted by molar-refractivity contribution is 1.28. The molecule has 322 valence electrons. The number of hydrogen-bond acceptors (Lipinski definition) is 1. The molecule has 13 rings (SSSR count). The van der Waals surface area contributed by atoms with Crippen molar-refractivity contribution in [1.29, 1.82) is 0 Å². The van der Waals surface area contributed by atoms with Gasteiger partial charge in [0.25, 0.3) is 0 Å². The van der Waals surface area contributed by atoms with Gasteiger partial charge in [-0.15, -0.1) is 0 Å². The first-order valence-corrected chi connectivity index (χ1v) is 23.8. The van der Waals surface area contributed by atoms with E-state index in [1.165, 1.54) is 109 Å². The van der Waals surface area contributed by atoms with Crippen LogP contribution in [0.5, 0.6) is 0 Å². The maximum absolute atomic E-state index is 2.39. The van der Waals surface area contributed by atoms with Gasteiger partial charge in [0, 0.05) is 17.1 Å². The molecule has 1 heteroatoms. The number of benzene rings is 13. The van der Waals surface area contributed by atoms with Crippen molar-refractivity contribution < 1.29 is 0 Å². The molecule has 0 aliphatic heterocycles. The van der Waals surface area contributed by atoms with E-state index >= 15 is 0 Å². The standard InChI is InChI=1S/C68H45N/c1-3-18-48(19-4-1)65-61-27-13-9-23-57(61)59-25-11-15-29-63(59)67(65)50-35-41-55(42-36-50)69(54-39-33-47(34-40-54)53-32-31-46-17-7-8-22-52(46)45-53)56-43-37-51(38-44-56)68-64-30-16-12-26-60(64)58-24-10-14-28-62(58)66(68)49-20-5-2-6-21-49/h1-45H. The Morgan fingerprint density at radius 1 is 0.174 bits per heavy atom. The normalized spacial score (nSPS) is 11.5. The summed E-state index contributed by atoms with van der Waals surface area (Å²) in [5.41, 5.74) is 15.4. The molecule has 69 heavy (non-hydrogen) atoms. The second-order valence-corrected chi connectivity index (χ2v) is 18.0. The third kappa shape index (κ3) is 7.03. The summed E-state index contributed by atoms with van der Waals surface area (Å²) in [6, 6.07) is 100.0. The summed E-state index contributed by atoms with van der Waals surface area (Å²) in [5.74, 6) is 0. The molecular weight excluding hydrogens is 831 g/mol. The molecule has 0 atom stereocenters. The molecule has 0 aliphatic carbocycles. The molecule has 0 amide bonds. The lowest BCUT2D eigenvalue weighted by Gasteiger charge is -2.27. The lowest BCUT2D eigenvalue weighted by Crippen LogP contribution is -2.10. The van der Waals surface area contributed by atoms with E-state index in [0.29, 0.717) is 0 Å². The van der Waals surface area contributed by atoms with Crippen LogP contribution in [0.15, 0.2) is 273 Å². The first kappa shape index (κ1) is 40.3. The van der Waals surface area contributed by atoms with Gasteiger partial charge in [0.2, 0.25) is 0 Å². The van der Waals surface area contributed by atoms with Crippen molar-refractivity contribution >= 4 is 70.9 Å². The Bertz CT molecular complexity index is 3820. The van der Waals surface area contributed by atoms with Crippen LogP contribution in [0.4, 0.5) is 17.1 Å². The molecule has 0 N–H and O–H groups in total. The highest BCUT2D eigenvalue weighted by Gasteiger charge is 2.21. The lowest BCUT2D eigenvalue weighted by atomic mass is 9.85. The predicted molar refractivity (Wildman–Crippen MR) is 296 cm³/mol. The molecule has 0 fully saturated rings. The maximum atomic E-state index is 2.39. The Morgan fingerprint density at radius 3 is 0.826 bits per heavy atom. The van der Waals surface area contributed by atoms with E-state index in [2.05, 4.69) is 278 Å². The molecule has 0 heterocycles. The molecule has 0 bridgehead atoms. The minimum atomic E-state index is 1.08. The Kier molecular flexibility index (Phi) is 9.91. The van der Waals surface area contributed by atoms with Gasteiger partial charge in [-0.05, 0) is 152 Å². The van der Waals surface area contributed by atoms with Crippen molar-refractivity contribution in [1.82, 2.24) is 0 Å². The van der Waals surface area contributed by atoms with Gasteiger partial charge in [0.15, 0.2) is 0 Å². The largest absolute Gasteiger partial charge is 0.311 e. The van der Waals surface area contributed by atoms with E-state index in [1.54, 1.807) is 0 Å². The van der Waals surface area contributed by atoms with Gasteiger partial charge < -0.3 is 4.90 Å². The van der Waals surface area contributed by atoms with E-state index in [9.17, 15) is 0 Å². The van der Waals surface area contributed by atoms with Gasteiger partial charge in [-0.1, -0.05) is 231 Å². The van der Waals surface area contributed by atoms with Crippen molar-refractivity contribution in [3.05, 3.63) is 273 Å². The summed E-state index contributed by atoms with van der Waals surface area (Å²) in [6.45, 7) is 0. The van der Waals surface area contributed by atoms with Crippen molar-refractivity contribution in [2.75, 3.05) is 4.90 Å². The third-order valence-corrected chi connectivity index (χ3v) is 14.0. The molecule has 0 aromatic heterocycles. The molecule has 0 unspecified atom stereocenters. The molecule has 0 saturated heterocycles. The quantitative estimate of drug-likeness (QED) is 0.138. The fourth-order valence-corrected chi connectivity index (χ4v) is 10.9. The molecule has 13 aromatic carbocycles. The van der Waals surface area contributed by atoms with Crippen LogP contribution in [0.2, 0.25) is 0 Å². The molecule has 13 aromatic rings. The summed E-state index contributed by atoms with van der Waals surface area (Å²) in [6.07, 6.45) is 0. The molecule has 0 spiro atoms. The van der Waals surface area contributed by atoms with Crippen LogP contribution in [0.25, 0.3) is 109 Å². The summed E-state index contributed by atoms with van der Waals surface area (Å²) < 4.78 is 0. The van der Waals surface area contributed by atoms with Crippen LogP contribution < -0.4 is 4.90 Å². The molecule has 0 radical (unpaired) electrons. The van der Waals surface area contributed by atoms with Crippen LogP contribution in [-0.4, -0.2) is 0 Å². The fraction of sp³-hybridized carbons (Fsp3) is 0. The number of hydrogen-bond donors (Lipinski definition) is 0. The molecule has 1 nitrogen and oxygen atoms in total. The van der Waals surface area contributed by atoms with Crippen molar-refractivity contribution in [2.45, 2.75) is 0 Å². The van der Waals surface area contributed by atoms with Gasteiger partial charge in [0.1, 0.15) is 0 Å². The van der Waals surface area contributed by atoms with E-state index in [1.807, 2.05) is 0 Å². The minimum absolute atomic E-state index is 1.08. The first-order valence-electron chi connectivity index (χ1n) is 23.8. The third-order valence-electron chi connectivity index (χ3n) is 14.0. The smallest absolute Gasteiger partial charge is 0.0462 e. The maximum Gasteiger partial charge on any atom is 0.0462 e. The highest BCUT2D eigenvalue weighted by atomic mass is 15.1. The molecule has 0 saturated carbocycles. The van der Waals surface area contributed by atoms with Gasteiger partial charge in [-0.25, -0.2) is 0 Å². The van der Waals surface area contributed by atoms with Crippen LogP contribution >= 0.6 is 0 Å². The summed E-state index contributed by atoms with van der Waals surface area (Å²) in [7, 11) is 0. The topological polar surface area (TPSA) is 3.24 Å². The van der Waals surface area contributed by atoms with Gasteiger partial charge in [-0.3, -0.25) is 0 Å².